The molecule has 0 aliphatic carbocycles. The molecule has 3 aromatic rings. The number of nitrogens with zero attached hydrogens (tertiary/aromatic N) is 2. The van der Waals surface area contributed by atoms with Gasteiger partial charge in [0.15, 0.2) is 5.16 Å². The second kappa shape index (κ2) is 9.53. The summed E-state index contributed by atoms with van der Waals surface area (Å²) < 4.78 is 12.7. The van der Waals surface area contributed by atoms with Gasteiger partial charge in [0, 0.05) is 6.61 Å². The molecule has 1 N–H and O–H groups in total. The van der Waals surface area contributed by atoms with Crippen LogP contribution in [0.4, 0.5) is 5.69 Å². The molecule has 1 aromatic heterocycles. The number of para-hydroxylation sites is 1. The summed E-state index contributed by atoms with van der Waals surface area (Å²) >= 11 is 1.25. The molecular weight excluding hydrogens is 414 g/mol. The van der Waals surface area contributed by atoms with Gasteiger partial charge in [-0.1, -0.05) is 30.0 Å². The lowest BCUT2D eigenvalue weighted by molar-refractivity contribution is -0.113. The molecule has 162 valence electrons. The Morgan fingerprint density at radius 3 is 2.94 bits per heavy atom. The number of hydrogen-bond acceptors (Lipinski definition) is 6. The molecule has 0 saturated carbocycles. The largest absolute Gasteiger partial charge is 0.495 e. The van der Waals surface area contributed by atoms with Crippen LogP contribution >= 0.6 is 11.8 Å². The number of aromatic nitrogens is 2. The molecule has 31 heavy (non-hydrogen) atoms. The molecule has 1 unspecified atom stereocenters. The summed E-state index contributed by atoms with van der Waals surface area (Å²) in [4.78, 5) is 30.4. The summed E-state index contributed by atoms with van der Waals surface area (Å²) in [7, 11) is 1.57. The average molecular weight is 440 g/mol. The van der Waals surface area contributed by atoms with Crippen molar-refractivity contribution in [3.05, 3.63) is 58.4 Å². The summed E-state index contributed by atoms with van der Waals surface area (Å²) in [6, 6.07) is 12.9. The van der Waals surface area contributed by atoms with E-state index in [1.807, 2.05) is 43.3 Å². The van der Waals surface area contributed by atoms with E-state index in [-0.39, 0.29) is 23.3 Å². The number of anilines is 1. The number of fused-ring (bicyclic) bond motifs is 1. The zero-order valence-corrected chi connectivity index (χ0v) is 18.4. The highest BCUT2D eigenvalue weighted by Gasteiger charge is 2.21. The minimum atomic E-state index is -0.194. The predicted octanol–water partition coefficient (Wildman–Crippen LogP) is 3.62. The summed E-state index contributed by atoms with van der Waals surface area (Å²) in [5.74, 6) is 0.524. The van der Waals surface area contributed by atoms with Crippen LogP contribution in [-0.4, -0.2) is 41.0 Å². The maximum absolute atomic E-state index is 13.1. The molecule has 0 radical (unpaired) electrons. The molecule has 2 aromatic carbocycles. The normalized spacial score (nSPS) is 15.9. The second-order valence-corrected chi connectivity index (χ2v) is 8.45. The minimum absolute atomic E-state index is 0.00889. The first kappa shape index (κ1) is 21.4. The van der Waals surface area contributed by atoms with E-state index in [0.717, 1.165) is 18.4 Å². The van der Waals surface area contributed by atoms with Gasteiger partial charge in [-0.3, -0.25) is 14.2 Å². The van der Waals surface area contributed by atoms with Crippen LogP contribution in [0.2, 0.25) is 0 Å². The highest BCUT2D eigenvalue weighted by Crippen LogP contribution is 2.26. The van der Waals surface area contributed by atoms with Crippen LogP contribution in [0.3, 0.4) is 0 Å². The van der Waals surface area contributed by atoms with E-state index >= 15 is 0 Å². The molecule has 0 spiro atoms. The third kappa shape index (κ3) is 4.91. The van der Waals surface area contributed by atoms with Gasteiger partial charge >= 0.3 is 0 Å². The Labute approximate surface area is 184 Å². The summed E-state index contributed by atoms with van der Waals surface area (Å²) in [6.07, 6.45) is 1.89. The molecule has 8 heteroatoms. The van der Waals surface area contributed by atoms with Gasteiger partial charge < -0.3 is 14.8 Å². The van der Waals surface area contributed by atoms with Gasteiger partial charge in [-0.05, 0) is 49.6 Å². The number of carbonyl (C=O) groups excluding carboxylic acids is 1. The molecule has 1 aliphatic rings. The van der Waals surface area contributed by atoms with Gasteiger partial charge in [0.1, 0.15) is 5.75 Å². The molecule has 1 atom stereocenters. The zero-order valence-electron chi connectivity index (χ0n) is 17.6. The first-order valence-electron chi connectivity index (χ1n) is 10.2. The fraction of sp³-hybridized carbons (Fsp3) is 0.348. The third-order valence-corrected chi connectivity index (χ3v) is 6.17. The van der Waals surface area contributed by atoms with Crippen molar-refractivity contribution >= 4 is 34.3 Å². The van der Waals surface area contributed by atoms with Crippen molar-refractivity contribution in [2.24, 2.45) is 0 Å². The Kier molecular flexibility index (Phi) is 6.58. The number of amides is 1. The first-order valence-corrected chi connectivity index (χ1v) is 11.2. The number of carbonyl (C=O) groups is 1. The lowest BCUT2D eigenvalue weighted by Crippen LogP contribution is -2.29. The van der Waals surface area contributed by atoms with Crippen LogP contribution in [0.25, 0.3) is 10.9 Å². The first-order chi connectivity index (χ1) is 15.0. The van der Waals surface area contributed by atoms with Gasteiger partial charge in [0.2, 0.25) is 5.91 Å². The van der Waals surface area contributed by atoms with Crippen molar-refractivity contribution < 1.29 is 14.3 Å². The molecular formula is C23H25N3O4S. The van der Waals surface area contributed by atoms with Crippen molar-refractivity contribution in [3.63, 3.8) is 0 Å². The van der Waals surface area contributed by atoms with Crippen LogP contribution in [0.15, 0.2) is 52.4 Å². The van der Waals surface area contributed by atoms with Crippen LogP contribution in [0, 0.1) is 6.92 Å². The number of ether oxygens (including phenoxy) is 2. The predicted molar refractivity (Wildman–Crippen MR) is 122 cm³/mol. The summed E-state index contributed by atoms with van der Waals surface area (Å²) in [5, 5.41) is 3.98. The van der Waals surface area contributed by atoms with Crippen molar-refractivity contribution in [1.82, 2.24) is 9.55 Å². The van der Waals surface area contributed by atoms with Crippen LogP contribution in [-0.2, 0) is 16.1 Å². The average Bonchev–Trinajstić information content (AvgIpc) is 3.28. The maximum atomic E-state index is 13.1. The van der Waals surface area contributed by atoms with Gasteiger partial charge in [0.05, 0.1) is 42.1 Å². The van der Waals surface area contributed by atoms with Crippen LogP contribution in [0.5, 0.6) is 5.75 Å². The van der Waals surface area contributed by atoms with E-state index in [1.165, 1.54) is 11.8 Å². The van der Waals surface area contributed by atoms with Gasteiger partial charge in [-0.2, -0.15) is 0 Å². The van der Waals surface area contributed by atoms with E-state index in [1.54, 1.807) is 17.7 Å². The number of methoxy groups -OCH3 is 1. The van der Waals surface area contributed by atoms with Gasteiger partial charge in [-0.25, -0.2) is 4.98 Å². The maximum Gasteiger partial charge on any atom is 0.262 e. The molecule has 7 nitrogen and oxygen atoms in total. The topological polar surface area (TPSA) is 82.5 Å². The Bertz CT molecular complexity index is 1160. The van der Waals surface area contributed by atoms with Crippen molar-refractivity contribution in [1.29, 1.82) is 0 Å². The Morgan fingerprint density at radius 1 is 1.32 bits per heavy atom. The van der Waals surface area contributed by atoms with E-state index in [2.05, 4.69) is 10.3 Å². The SMILES string of the molecule is COc1ccc(C)cc1NC(=O)CSc1nc2ccccc2c(=O)n1CC1CCCO1. The number of benzene rings is 2. The van der Waals surface area contributed by atoms with Crippen molar-refractivity contribution in [2.75, 3.05) is 24.8 Å². The van der Waals surface area contributed by atoms with Gasteiger partial charge in [0.25, 0.3) is 5.56 Å². The second-order valence-electron chi connectivity index (χ2n) is 7.50. The minimum Gasteiger partial charge on any atom is -0.495 e. The molecule has 1 amide bonds. The number of nitrogens with one attached hydrogen (secondary N) is 1. The molecule has 2 heterocycles. The van der Waals surface area contributed by atoms with Crippen LogP contribution in [0.1, 0.15) is 18.4 Å². The molecule has 1 aliphatic heterocycles. The molecule has 1 saturated heterocycles. The van der Waals surface area contributed by atoms with Crippen molar-refractivity contribution in [2.45, 2.75) is 37.6 Å². The highest BCUT2D eigenvalue weighted by atomic mass is 32.2. The Balaban J connectivity index is 1.56. The Morgan fingerprint density at radius 2 is 2.16 bits per heavy atom. The van der Waals surface area contributed by atoms with Crippen molar-refractivity contribution in [3.8, 4) is 5.75 Å². The quantitative estimate of drug-likeness (QED) is 0.447. The number of rotatable bonds is 7. The smallest absolute Gasteiger partial charge is 0.262 e. The van der Waals surface area contributed by atoms with E-state index in [9.17, 15) is 9.59 Å². The fourth-order valence-electron chi connectivity index (χ4n) is 3.65. The molecule has 4 rings (SSSR count). The highest BCUT2D eigenvalue weighted by molar-refractivity contribution is 7.99. The fourth-order valence-corrected chi connectivity index (χ4v) is 4.46. The lowest BCUT2D eigenvalue weighted by Gasteiger charge is -2.16. The number of aryl methyl sites for hydroxylation is 1. The van der Waals surface area contributed by atoms with Gasteiger partial charge in [-0.15, -0.1) is 0 Å². The number of thioether (sulfide) groups is 1. The monoisotopic (exact) mass is 439 g/mol. The van der Waals surface area contributed by atoms with E-state index in [0.29, 0.717) is 40.6 Å². The summed E-state index contributed by atoms with van der Waals surface area (Å²) in [6.45, 7) is 3.10. The third-order valence-electron chi connectivity index (χ3n) is 5.20. The van der Waals surface area contributed by atoms with Crippen LogP contribution < -0.4 is 15.6 Å². The standard InChI is InChI=1S/C23H25N3O4S/c1-15-9-10-20(29-2)19(12-15)24-21(27)14-31-23-25-18-8-4-3-7-17(18)22(28)26(23)13-16-6-5-11-30-16/h3-4,7-10,12,16H,5-6,11,13-14H2,1-2H3,(H,24,27). The zero-order chi connectivity index (χ0) is 21.8. The molecule has 0 bridgehead atoms. The lowest BCUT2D eigenvalue weighted by atomic mass is 10.2. The van der Waals surface area contributed by atoms with E-state index < -0.39 is 0 Å². The molecule has 1 fully saturated rings. The Hall–Kier alpha value is -2.84. The van der Waals surface area contributed by atoms with E-state index in [4.69, 9.17) is 9.47 Å². The summed E-state index contributed by atoms with van der Waals surface area (Å²) in [5.41, 5.74) is 2.16. The number of hydrogen-bond donors (Lipinski definition) is 1.